The van der Waals surface area contributed by atoms with E-state index >= 15 is 0 Å². The van der Waals surface area contributed by atoms with Gasteiger partial charge in [0.2, 0.25) is 0 Å². The van der Waals surface area contributed by atoms with Crippen LogP contribution in [0.1, 0.15) is 28.4 Å². The van der Waals surface area contributed by atoms with E-state index in [9.17, 15) is 13.6 Å². The quantitative estimate of drug-likeness (QED) is 0.707. The van der Waals surface area contributed by atoms with Crippen molar-refractivity contribution >= 4 is 5.78 Å². The molecule has 3 rings (SSSR count). The summed E-state index contributed by atoms with van der Waals surface area (Å²) in [4.78, 5) is 11.7. The average Bonchev–Trinajstić information content (AvgIpc) is 2.49. The summed E-state index contributed by atoms with van der Waals surface area (Å²) in [5, 5.41) is 2.69. The van der Waals surface area contributed by atoms with Crippen LogP contribution in [0.5, 0.6) is 0 Å². The molecule has 2 atom stereocenters. The van der Waals surface area contributed by atoms with E-state index in [1.54, 1.807) is 24.3 Å². The van der Waals surface area contributed by atoms with Crippen molar-refractivity contribution in [3.8, 4) is 0 Å². The molecule has 0 amide bonds. The fraction of sp³-hybridized carbons (Fsp3) is 0.364. The molecule has 1 fully saturated rings. The fourth-order valence-electron chi connectivity index (χ4n) is 2.42. The first-order chi connectivity index (χ1) is 7.09. The van der Waals surface area contributed by atoms with E-state index in [2.05, 4.69) is 5.32 Å². The lowest BCUT2D eigenvalue weighted by atomic mass is 9.94. The highest BCUT2D eigenvalue weighted by molar-refractivity contribution is 6.03. The second-order valence-electron chi connectivity index (χ2n) is 4.07. The molecular formula is C11H9F2NO. The molecule has 1 N–H and O–H groups in total. The minimum atomic E-state index is -2.92. The summed E-state index contributed by atoms with van der Waals surface area (Å²) < 4.78 is 26.9. The smallest absolute Gasteiger partial charge is 0.272 e. The van der Waals surface area contributed by atoms with Crippen LogP contribution < -0.4 is 5.32 Å². The molecular weight excluding hydrogens is 200 g/mol. The zero-order valence-corrected chi connectivity index (χ0v) is 7.84. The molecule has 78 valence electrons. The number of fused-ring (bicyclic) bond motifs is 4. The number of hydrogen-bond donors (Lipinski definition) is 1. The van der Waals surface area contributed by atoms with Crippen molar-refractivity contribution in [2.24, 2.45) is 0 Å². The first kappa shape index (κ1) is 8.97. The molecule has 2 unspecified atom stereocenters. The summed E-state index contributed by atoms with van der Waals surface area (Å²) in [5.41, 5.74) is 1.15. The molecule has 0 aromatic heterocycles. The second kappa shape index (κ2) is 2.64. The van der Waals surface area contributed by atoms with E-state index in [0.717, 1.165) is 0 Å². The van der Waals surface area contributed by atoms with Gasteiger partial charge in [0.25, 0.3) is 5.92 Å². The Bertz CT molecular complexity index is 444. The average molecular weight is 209 g/mol. The van der Waals surface area contributed by atoms with Crippen LogP contribution in [0.15, 0.2) is 24.3 Å². The lowest BCUT2D eigenvalue weighted by Gasteiger charge is -2.23. The molecule has 4 heteroatoms. The van der Waals surface area contributed by atoms with Crippen LogP contribution in [-0.4, -0.2) is 17.7 Å². The third-order valence-corrected chi connectivity index (χ3v) is 3.13. The van der Waals surface area contributed by atoms with Crippen molar-refractivity contribution in [3.63, 3.8) is 0 Å². The van der Waals surface area contributed by atoms with E-state index in [1.807, 2.05) is 0 Å². The topological polar surface area (TPSA) is 29.1 Å². The van der Waals surface area contributed by atoms with Gasteiger partial charge in [-0.2, -0.15) is 0 Å². The van der Waals surface area contributed by atoms with Gasteiger partial charge in [0.1, 0.15) is 6.04 Å². The number of alkyl halides is 2. The Balaban J connectivity index is 2.18. The van der Waals surface area contributed by atoms with Crippen LogP contribution in [-0.2, 0) is 0 Å². The van der Waals surface area contributed by atoms with Crippen molar-refractivity contribution in [2.75, 3.05) is 0 Å². The molecule has 1 aromatic rings. The van der Waals surface area contributed by atoms with Gasteiger partial charge in [-0.05, 0) is 5.56 Å². The standard InChI is InChI=1S/C11H9F2NO/c12-11(13)5-8-6-3-1-2-4-7(6)9(15)10(11)14-8/h1-4,8,10,14H,5H2. The van der Waals surface area contributed by atoms with Crippen LogP contribution in [0.4, 0.5) is 8.78 Å². The van der Waals surface area contributed by atoms with Crippen LogP contribution in [0.2, 0.25) is 0 Å². The molecule has 1 aromatic carbocycles. The maximum Gasteiger partial charge on any atom is 0.272 e. The molecule has 2 nitrogen and oxygen atoms in total. The number of halogens is 2. The Hall–Kier alpha value is -1.29. The van der Waals surface area contributed by atoms with Gasteiger partial charge in [-0.15, -0.1) is 0 Å². The van der Waals surface area contributed by atoms with Crippen molar-refractivity contribution in [1.82, 2.24) is 5.32 Å². The predicted octanol–water partition coefficient (Wildman–Crippen LogP) is 1.92. The monoisotopic (exact) mass is 209 g/mol. The number of ketones is 1. The minimum absolute atomic E-state index is 0.277. The van der Waals surface area contributed by atoms with Crippen molar-refractivity contribution < 1.29 is 13.6 Å². The van der Waals surface area contributed by atoms with Crippen molar-refractivity contribution in [3.05, 3.63) is 35.4 Å². The number of carbonyl (C=O) groups is 1. The van der Waals surface area contributed by atoms with Gasteiger partial charge in [-0.3, -0.25) is 10.1 Å². The number of carbonyl (C=O) groups excluding carboxylic acids is 1. The summed E-state index contributed by atoms with van der Waals surface area (Å²) in [6, 6.07) is 5.14. The first-order valence-electron chi connectivity index (χ1n) is 4.86. The largest absolute Gasteiger partial charge is 0.295 e. The van der Waals surface area contributed by atoms with Crippen LogP contribution in [0, 0.1) is 0 Å². The van der Waals surface area contributed by atoms with Crippen molar-refractivity contribution in [2.45, 2.75) is 24.4 Å². The van der Waals surface area contributed by atoms with Gasteiger partial charge in [0.05, 0.1) is 0 Å². The van der Waals surface area contributed by atoms with E-state index in [0.29, 0.717) is 11.1 Å². The number of hydrogen-bond acceptors (Lipinski definition) is 2. The molecule has 0 aliphatic carbocycles. The van der Waals surface area contributed by atoms with Gasteiger partial charge in [-0.1, -0.05) is 24.3 Å². The van der Waals surface area contributed by atoms with Gasteiger partial charge in [-0.25, -0.2) is 8.78 Å². The third kappa shape index (κ3) is 1.08. The van der Waals surface area contributed by atoms with Crippen molar-refractivity contribution in [1.29, 1.82) is 0 Å². The van der Waals surface area contributed by atoms with Gasteiger partial charge in [0, 0.05) is 18.0 Å². The molecule has 2 aliphatic rings. The zero-order valence-electron chi connectivity index (χ0n) is 7.84. The summed E-state index contributed by atoms with van der Waals surface area (Å²) in [7, 11) is 0. The van der Waals surface area contributed by atoms with Gasteiger partial charge >= 0.3 is 0 Å². The normalized spacial score (nSPS) is 31.5. The van der Waals surface area contributed by atoms with E-state index < -0.39 is 17.7 Å². The Morgan fingerprint density at radius 3 is 2.87 bits per heavy atom. The lowest BCUT2D eigenvalue weighted by molar-refractivity contribution is -0.00544. The highest BCUT2D eigenvalue weighted by atomic mass is 19.3. The summed E-state index contributed by atoms with van der Waals surface area (Å²) >= 11 is 0. The van der Waals surface area contributed by atoms with Crippen LogP contribution in [0.25, 0.3) is 0 Å². The highest BCUT2D eigenvalue weighted by Gasteiger charge is 2.56. The van der Waals surface area contributed by atoms with Gasteiger partial charge in [0.15, 0.2) is 5.78 Å². The third-order valence-electron chi connectivity index (χ3n) is 3.13. The highest BCUT2D eigenvalue weighted by Crippen LogP contribution is 2.44. The summed E-state index contributed by atoms with van der Waals surface area (Å²) in [6.45, 7) is 0. The first-order valence-corrected chi connectivity index (χ1v) is 4.86. The minimum Gasteiger partial charge on any atom is -0.295 e. The molecule has 0 saturated carbocycles. The van der Waals surface area contributed by atoms with Crippen LogP contribution >= 0.6 is 0 Å². The van der Waals surface area contributed by atoms with E-state index in [4.69, 9.17) is 0 Å². The fourth-order valence-corrected chi connectivity index (χ4v) is 2.42. The van der Waals surface area contributed by atoms with Crippen LogP contribution in [0.3, 0.4) is 0 Å². The molecule has 2 aliphatic heterocycles. The lowest BCUT2D eigenvalue weighted by Crippen LogP contribution is -2.45. The van der Waals surface area contributed by atoms with Gasteiger partial charge < -0.3 is 0 Å². The molecule has 0 radical (unpaired) electrons. The summed E-state index contributed by atoms with van der Waals surface area (Å²) in [5.74, 6) is -3.40. The number of nitrogens with one attached hydrogen (secondary N) is 1. The Labute approximate surface area is 85.3 Å². The second-order valence-corrected chi connectivity index (χ2v) is 4.07. The maximum atomic E-state index is 13.4. The summed E-state index contributed by atoms with van der Waals surface area (Å²) in [6.07, 6.45) is -0.277. The number of benzene rings is 1. The molecule has 2 heterocycles. The number of rotatable bonds is 0. The Kier molecular flexibility index (Phi) is 1.58. The maximum absolute atomic E-state index is 13.4. The van der Waals surface area contributed by atoms with E-state index in [-0.39, 0.29) is 12.5 Å². The molecule has 0 spiro atoms. The molecule has 2 bridgehead atoms. The van der Waals surface area contributed by atoms with E-state index in [1.165, 1.54) is 0 Å². The SMILES string of the molecule is O=C1c2ccccc2C2CC(F)(F)C1N2. The Morgan fingerprint density at radius 1 is 1.33 bits per heavy atom. The predicted molar refractivity (Wildman–Crippen MR) is 50.0 cm³/mol. The zero-order chi connectivity index (χ0) is 10.6. The Morgan fingerprint density at radius 2 is 2.07 bits per heavy atom. The number of Topliss-reactive ketones (excluding diaryl/α,β-unsaturated/α-hetero) is 1. The molecule has 1 saturated heterocycles. The molecule has 15 heavy (non-hydrogen) atoms.